The van der Waals surface area contributed by atoms with Gasteiger partial charge in [0.2, 0.25) is 5.91 Å². The number of nitrogens with two attached hydrogens (primary N) is 2. The van der Waals surface area contributed by atoms with Crippen LogP contribution in [0.15, 0.2) is 18.2 Å². The molecule has 0 aliphatic carbocycles. The van der Waals surface area contributed by atoms with Gasteiger partial charge in [0, 0.05) is 18.3 Å². The van der Waals surface area contributed by atoms with E-state index in [4.69, 9.17) is 23.1 Å². The van der Waals surface area contributed by atoms with E-state index < -0.39 is 0 Å². The molecule has 4 nitrogen and oxygen atoms in total. The molecule has 2 atom stereocenters. The molecule has 1 aliphatic heterocycles. The molecule has 1 amide bonds. The van der Waals surface area contributed by atoms with Crippen molar-refractivity contribution in [3.05, 3.63) is 23.2 Å². The molecule has 0 radical (unpaired) electrons. The first-order chi connectivity index (χ1) is 8.49. The number of nitrogens with zero attached hydrogens (tertiary/aromatic N) is 1. The van der Waals surface area contributed by atoms with Crippen molar-refractivity contribution in [2.75, 3.05) is 17.2 Å². The molecular formula is C13H18ClN3O. The van der Waals surface area contributed by atoms with E-state index in [-0.39, 0.29) is 11.8 Å². The van der Waals surface area contributed by atoms with E-state index in [1.54, 1.807) is 6.07 Å². The zero-order chi connectivity index (χ0) is 13.3. The van der Waals surface area contributed by atoms with Crippen LogP contribution in [0, 0.1) is 5.92 Å². The van der Waals surface area contributed by atoms with E-state index in [0.717, 1.165) is 18.5 Å². The maximum absolute atomic E-state index is 11.3. The van der Waals surface area contributed by atoms with E-state index in [0.29, 0.717) is 23.3 Å². The summed E-state index contributed by atoms with van der Waals surface area (Å²) in [6.07, 6.45) is 1.79. The van der Waals surface area contributed by atoms with Crippen molar-refractivity contribution in [3.63, 3.8) is 0 Å². The maximum Gasteiger partial charge on any atom is 0.222 e. The summed E-state index contributed by atoms with van der Waals surface area (Å²) in [6.45, 7) is 2.75. The number of benzene rings is 1. The van der Waals surface area contributed by atoms with Crippen molar-refractivity contribution in [3.8, 4) is 0 Å². The number of halogens is 1. The molecule has 98 valence electrons. The van der Waals surface area contributed by atoms with Gasteiger partial charge in [-0.05, 0) is 38.0 Å². The average Bonchev–Trinajstić information content (AvgIpc) is 2.30. The number of piperidine rings is 1. The lowest BCUT2D eigenvalue weighted by atomic mass is 9.92. The predicted molar refractivity (Wildman–Crippen MR) is 74.6 cm³/mol. The fourth-order valence-corrected chi connectivity index (χ4v) is 2.73. The standard InChI is InChI=1S/C13H18ClN3O/c1-8-2-3-9(13(16)18)7-17(8)12-5-4-10(15)6-11(12)14/h4-6,8-9H,2-3,7,15H2,1H3,(H2,16,18). The van der Waals surface area contributed by atoms with Gasteiger partial charge in [-0.3, -0.25) is 4.79 Å². The lowest BCUT2D eigenvalue weighted by Gasteiger charge is -2.39. The molecule has 0 bridgehead atoms. The third-order valence-corrected chi connectivity index (χ3v) is 3.87. The Balaban J connectivity index is 2.26. The Morgan fingerprint density at radius 3 is 2.78 bits per heavy atom. The van der Waals surface area contributed by atoms with Crippen LogP contribution in [-0.4, -0.2) is 18.5 Å². The van der Waals surface area contributed by atoms with Gasteiger partial charge in [0.25, 0.3) is 0 Å². The molecule has 1 heterocycles. The largest absolute Gasteiger partial charge is 0.399 e. The highest BCUT2D eigenvalue weighted by Gasteiger charge is 2.29. The summed E-state index contributed by atoms with van der Waals surface area (Å²) in [5.74, 6) is -0.340. The Labute approximate surface area is 112 Å². The third kappa shape index (κ3) is 2.53. The summed E-state index contributed by atoms with van der Waals surface area (Å²) >= 11 is 6.22. The van der Waals surface area contributed by atoms with Crippen LogP contribution in [0.4, 0.5) is 11.4 Å². The van der Waals surface area contributed by atoms with Crippen LogP contribution in [-0.2, 0) is 4.79 Å². The van der Waals surface area contributed by atoms with Crippen LogP contribution in [0.3, 0.4) is 0 Å². The van der Waals surface area contributed by atoms with Crippen LogP contribution in [0.1, 0.15) is 19.8 Å². The van der Waals surface area contributed by atoms with Crippen LogP contribution in [0.2, 0.25) is 5.02 Å². The van der Waals surface area contributed by atoms with Crippen molar-refractivity contribution in [2.45, 2.75) is 25.8 Å². The molecule has 2 unspecified atom stereocenters. The highest BCUT2D eigenvalue weighted by atomic mass is 35.5. The number of carbonyl (C=O) groups excluding carboxylic acids is 1. The minimum Gasteiger partial charge on any atom is -0.399 e. The van der Waals surface area contributed by atoms with Crippen molar-refractivity contribution in [1.29, 1.82) is 0 Å². The van der Waals surface area contributed by atoms with E-state index in [1.165, 1.54) is 0 Å². The Kier molecular flexibility index (Phi) is 3.66. The second kappa shape index (κ2) is 5.06. The molecule has 2 rings (SSSR count). The molecule has 1 aromatic carbocycles. The van der Waals surface area contributed by atoms with Gasteiger partial charge >= 0.3 is 0 Å². The number of carbonyl (C=O) groups is 1. The van der Waals surface area contributed by atoms with Crippen molar-refractivity contribution < 1.29 is 4.79 Å². The van der Waals surface area contributed by atoms with Gasteiger partial charge in [-0.1, -0.05) is 11.6 Å². The van der Waals surface area contributed by atoms with Gasteiger partial charge in [-0.15, -0.1) is 0 Å². The highest BCUT2D eigenvalue weighted by Crippen LogP contribution is 2.33. The first-order valence-corrected chi connectivity index (χ1v) is 6.48. The Morgan fingerprint density at radius 2 is 2.17 bits per heavy atom. The van der Waals surface area contributed by atoms with Gasteiger partial charge in [0.05, 0.1) is 16.6 Å². The number of anilines is 2. The van der Waals surface area contributed by atoms with Gasteiger partial charge < -0.3 is 16.4 Å². The van der Waals surface area contributed by atoms with E-state index in [1.807, 2.05) is 12.1 Å². The van der Waals surface area contributed by atoms with Crippen LogP contribution in [0.25, 0.3) is 0 Å². The highest BCUT2D eigenvalue weighted by molar-refractivity contribution is 6.33. The van der Waals surface area contributed by atoms with E-state index in [2.05, 4.69) is 11.8 Å². The molecule has 1 fully saturated rings. The molecule has 0 spiro atoms. The van der Waals surface area contributed by atoms with Crippen LogP contribution < -0.4 is 16.4 Å². The number of hydrogen-bond acceptors (Lipinski definition) is 3. The maximum atomic E-state index is 11.3. The first-order valence-electron chi connectivity index (χ1n) is 6.10. The lowest BCUT2D eigenvalue weighted by Crippen LogP contribution is -2.46. The second-order valence-electron chi connectivity index (χ2n) is 4.89. The van der Waals surface area contributed by atoms with Gasteiger partial charge in [-0.25, -0.2) is 0 Å². The third-order valence-electron chi connectivity index (χ3n) is 3.57. The zero-order valence-corrected chi connectivity index (χ0v) is 11.2. The quantitative estimate of drug-likeness (QED) is 0.805. The molecule has 1 aliphatic rings. The first kappa shape index (κ1) is 13.0. The van der Waals surface area contributed by atoms with Crippen molar-refractivity contribution >= 4 is 28.9 Å². The number of primary amides is 1. The molecular weight excluding hydrogens is 250 g/mol. The minimum atomic E-state index is -0.238. The van der Waals surface area contributed by atoms with Crippen LogP contribution >= 0.6 is 11.6 Å². The SMILES string of the molecule is CC1CCC(C(N)=O)CN1c1ccc(N)cc1Cl. The van der Waals surface area contributed by atoms with Gasteiger partial charge in [0.1, 0.15) is 0 Å². The zero-order valence-electron chi connectivity index (χ0n) is 10.4. The smallest absolute Gasteiger partial charge is 0.222 e. The lowest BCUT2D eigenvalue weighted by molar-refractivity contribution is -0.122. The fraction of sp³-hybridized carbons (Fsp3) is 0.462. The van der Waals surface area contributed by atoms with E-state index >= 15 is 0 Å². The van der Waals surface area contributed by atoms with Gasteiger partial charge in [-0.2, -0.15) is 0 Å². The number of amides is 1. The molecule has 1 saturated heterocycles. The Hall–Kier alpha value is -1.42. The summed E-state index contributed by atoms with van der Waals surface area (Å²) < 4.78 is 0. The number of hydrogen-bond donors (Lipinski definition) is 2. The molecule has 4 N–H and O–H groups in total. The normalized spacial score (nSPS) is 24.0. The number of nitrogen functional groups attached to an aromatic ring is 1. The fourth-order valence-electron chi connectivity index (χ4n) is 2.43. The molecule has 5 heteroatoms. The minimum absolute atomic E-state index is 0.102. The topological polar surface area (TPSA) is 72.4 Å². The van der Waals surface area contributed by atoms with Crippen LogP contribution in [0.5, 0.6) is 0 Å². The summed E-state index contributed by atoms with van der Waals surface area (Å²) in [5.41, 5.74) is 12.6. The molecule has 0 saturated carbocycles. The van der Waals surface area contributed by atoms with E-state index in [9.17, 15) is 4.79 Å². The summed E-state index contributed by atoms with van der Waals surface area (Å²) in [7, 11) is 0. The number of rotatable bonds is 2. The Morgan fingerprint density at radius 1 is 1.44 bits per heavy atom. The summed E-state index contributed by atoms with van der Waals surface area (Å²) in [6, 6.07) is 5.80. The predicted octanol–water partition coefficient (Wildman–Crippen LogP) is 2.01. The summed E-state index contributed by atoms with van der Waals surface area (Å²) in [4.78, 5) is 13.5. The average molecular weight is 268 g/mol. The summed E-state index contributed by atoms with van der Waals surface area (Å²) in [5, 5.41) is 0.618. The monoisotopic (exact) mass is 267 g/mol. The van der Waals surface area contributed by atoms with Gasteiger partial charge in [0.15, 0.2) is 0 Å². The second-order valence-corrected chi connectivity index (χ2v) is 5.30. The van der Waals surface area contributed by atoms with Crippen molar-refractivity contribution in [1.82, 2.24) is 0 Å². The molecule has 18 heavy (non-hydrogen) atoms. The molecule has 0 aromatic heterocycles. The van der Waals surface area contributed by atoms with Crippen molar-refractivity contribution in [2.24, 2.45) is 11.7 Å². The Bertz CT molecular complexity index is 464. The molecule has 1 aromatic rings.